The number of halogens is 15. The van der Waals surface area contributed by atoms with Crippen LogP contribution in [0.25, 0.3) is 0 Å². The van der Waals surface area contributed by atoms with Gasteiger partial charge in [-0.1, -0.05) is 0 Å². The Morgan fingerprint density at radius 3 is 1.36 bits per heavy atom. The third-order valence-corrected chi connectivity index (χ3v) is 7.33. The zero-order valence-corrected chi connectivity index (χ0v) is 20.9. The van der Waals surface area contributed by atoms with E-state index in [0.717, 1.165) is 0 Å². The summed E-state index contributed by atoms with van der Waals surface area (Å²) in [7, 11) is -9.29. The lowest BCUT2D eigenvalue weighted by Gasteiger charge is -2.41. The van der Waals surface area contributed by atoms with Gasteiger partial charge in [-0.25, -0.2) is 21.6 Å². The second-order valence-electron chi connectivity index (χ2n) is 8.64. The fourth-order valence-corrected chi connectivity index (χ4v) is 4.25. The molecule has 0 heterocycles. The molecule has 0 aliphatic rings. The Labute approximate surface area is 210 Å². The van der Waals surface area contributed by atoms with Gasteiger partial charge in [0.05, 0.1) is 37.3 Å². The highest BCUT2D eigenvalue weighted by Crippen LogP contribution is 2.62. The van der Waals surface area contributed by atoms with Gasteiger partial charge in [-0.2, -0.15) is 65.9 Å². The van der Waals surface area contributed by atoms with Gasteiger partial charge >= 0.3 is 41.0 Å². The van der Waals surface area contributed by atoms with Gasteiger partial charge in [0.1, 0.15) is 0 Å². The fraction of sp³-hybridized carbons (Fsp3) is 1.00. The first-order valence-corrected chi connectivity index (χ1v) is 12.8. The summed E-state index contributed by atoms with van der Waals surface area (Å²) in [4.78, 5) is 0. The zero-order valence-electron chi connectivity index (χ0n) is 19.2. The van der Waals surface area contributed by atoms with Gasteiger partial charge < -0.3 is 9.04 Å². The third kappa shape index (κ3) is 7.15. The van der Waals surface area contributed by atoms with Crippen molar-refractivity contribution < 1.29 is 91.7 Å². The lowest BCUT2D eigenvalue weighted by molar-refractivity contribution is -0.890. The molecule has 0 spiro atoms. The molecule has 0 aliphatic carbocycles. The molecule has 39 heavy (non-hydrogen) atoms. The Morgan fingerprint density at radius 2 is 0.974 bits per heavy atom. The number of rotatable bonds is 15. The summed E-state index contributed by atoms with van der Waals surface area (Å²) < 4.78 is 253. The average molecular weight is 656 g/mol. The number of hydrogen-bond acceptors (Lipinski definition) is 5. The molecule has 0 aromatic rings. The first kappa shape index (κ1) is 37.7. The minimum absolute atomic E-state index is 0.124. The molecular weight excluding hydrogens is 637 g/mol. The molecule has 7 nitrogen and oxygen atoms in total. The van der Waals surface area contributed by atoms with E-state index >= 15 is 0 Å². The third-order valence-electron chi connectivity index (χ3n) is 5.03. The van der Waals surface area contributed by atoms with Crippen LogP contribution in [0.1, 0.15) is 12.8 Å². The molecule has 0 aliphatic heterocycles. The predicted molar refractivity (Wildman–Crippen MR) is 98.3 cm³/mol. The van der Waals surface area contributed by atoms with Crippen LogP contribution in [0.3, 0.4) is 0 Å². The van der Waals surface area contributed by atoms with Gasteiger partial charge in [-0.3, -0.25) is 0 Å². The van der Waals surface area contributed by atoms with E-state index in [1.807, 2.05) is 0 Å². The van der Waals surface area contributed by atoms with Gasteiger partial charge in [0.25, 0.3) is 10.0 Å². The molecule has 0 aromatic heterocycles. The number of quaternary nitrogens is 1. The maximum Gasteiger partial charge on any atom is 0.460 e. The van der Waals surface area contributed by atoms with Gasteiger partial charge in [0.2, 0.25) is 0 Å². The van der Waals surface area contributed by atoms with Crippen molar-refractivity contribution in [1.82, 2.24) is 4.72 Å². The zero-order chi connectivity index (χ0) is 31.9. The van der Waals surface area contributed by atoms with Gasteiger partial charge in [0.15, 0.2) is 0 Å². The van der Waals surface area contributed by atoms with E-state index in [9.17, 15) is 87.2 Å². The molecule has 0 rings (SSSR count). The first-order valence-electron chi connectivity index (χ1n) is 9.75. The molecule has 0 atom stereocenters. The van der Waals surface area contributed by atoms with Crippen molar-refractivity contribution in [1.29, 1.82) is 0 Å². The Hall–Kier alpha value is -1.27. The predicted octanol–water partition coefficient (Wildman–Crippen LogP) is 3.64. The van der Waals surface area contributed by atoms with Crippen molar-refractivity contribution >= 4 is 20.1 Å². The Morgan fingerprint density at radius 1 is 0.615 bits per heavy atom. The second-order valence-corrected chi connectivity index (χ2v) is 12.0. The van der Waals surface area contributed by atoms with Gasteiger partial charge in [-0.15, -0.1) is 0 Å². The number of nitrogens with one attached hydrogen (secondary N) is 1. The summed E-state index contributed by atoms with van der Waals surface area (Å²) in [5.74, 6) is -42.9. The largest absolute Gasteiger partial charge is 0.748 e. The number of nitrogens with zero attached hydrogens (tertiary/aromatic N) is 1. The van der Waals surface area contributed by atoms with Crippen LogP contribution in [0.5, 0.6) is 0 Å². The van der Waals surface area contributed by atoms with Crippen LogP contribution < -0.4 is 4.72 Å². The molecule has 1 N–H and O–H groups in total. The topological polar surface area (TPSA) is 103 Å². The molecule has 0 aromatic carbocycles. The molecule has 0 unspecified atom stereocenters. The highest BCUT2D eigenvalue weighted by molar-refractivity contribution is 7.90. The van der Waals surface area contributed by atoms with Crippen molar-refractivity contribution in [3.63, 3.8) is 0 Å². The van der Waals surface area contributed by atoms with E-state index in [1.54, 1.807) is 0 Å². The molecule has 0 radical (unpaired) electrons. The summed E-state index contributed by atoms with van der Waals surface area (Å²) >= 11 is 0. The van der Waals surface area contributed by atoms with Crippen LogP contribution in [-0.2, 0) is 20.1 Å². The number of alkyl halides is 15. The van der Waals surface area contributed by atoms with Crippen LogP contribution in [0.2, 0.25) is 0 Å². The maximum atomic E-state index is 13.9. The van der Waals surface area contributed by atoms with E-state index in [1.165, 1.54) is 14.1 Å². The lowest BCUT2D eigenvalue weighted by Crippen LogP contribution is -2.73. The number of hydrogen-bond donors (Lipinski definition) is 1. The Kier molecular flexibility index (Phi) is 10.5. The minimum atomic E-state index is -8.61. The molecule has 0 saturated heterocycles. The number of sulfonamides is 1. The van der Waals surface area contributed by atoms with Gasteiger partial charge in [-0.05, 0) is 0 Å². The monoisotopic (exact) mass is 656 g/mol. The van der Waals surface area contributed by atoms with Crippen LogP contribution in [0, 0.1) is 0 Å². The van der Waals surface area contributed by atoms with E-state index in [0.29, 0.717) is 4.72 Å². The standard InChI is InChI=1S/C15H19F15N2O5S2/c1-32(2,7-4-8-38(33,34)35)6-3-5-31-39(36,37)15(29,30)13(24,25)11(20,21)9(16,17)10(18,19)12(22,23)14(26,27)28/h31H,3-8H2,1-2H3. The summed E-state index contributed by atoms with van der Waals surface area (Å²) in [5.41, 5.74) is 0. The summed E-state index contributed by atoms with van der Waals surface area (Å²) in [6.45, 7) is -1.81. The molecule has 0 amide bonds. The minimum Gasteiger partial charge on any atom is -0.748 e. The molecule has 0 saturated carbocycles. The molecule has 0 bridgehead atoms. The van der Waals surface area contributed by atoms with Crippen LogP contribution in [-0.4, -0.2) is 106 Å². The fourth-order valence-electron chi connectivity index (χ4n) is 2.71. The normalized spacial score (nSPS) is 16.1. The smallest absolute Gasteiger partial charge is 0.460 e. The first-order chi connectivity index (χ1) is 16.7. The Balaban J connectivity index is 5.91. The van der Waals surface area contributed by atoms with Crippen molar-refractivity contribution in [3.8, 4) is 0 Å². The van der Waals surface area contributed by atoms with Crippen LogP contribution in [0.15, 0.2) is 0 Å². The summed E-state index contributed by atoms with van der Waals surface area (Å²) in [6.07, 6.45) is -8.70. The summed E-state index contributed by atoms with van der Waals surface area (Å²) in [5, 5.41) is -7.50. The van der Waals surface area contributed by atoms with Crippen molar-refractivity contribution in [2.24, 2.45) is 0 Å². The maximum absolute atomic E-state index is 13.9. The Bertz CT molecular complexity index is 1070. The van der Waals surface area contributed by atoms with Crippen molar-refractivity contribution in [2.75, 3.05) is 39.5 Å². The average Bonchev–Trinajstić information content (AvgIpc) is 2.68. The molecule has 236 valence electrons. The van der Waals surface area contributed by atoms with Gasteiger partial charge in [0, 0.05) is 25.1 Å². The second kappa shape index (κ2) is 10.9. The molecule has 24 heteroatoms. The van der Waals surface area contributed by atoms with E-state index in [-0.39, 0.29) is 24.0 Å². The van der Waals surface area contributed by atoms with Crippen molar-refractivity contribution in [3.05, 3.63) is 0 Å². The quantitative estimate of drug-likeness (QED) is 0.126. The molecule has 0 fully saturated rings. The SMILES string of the molecule is C[N+](C)(CCCNS(=O)(=O)C(F)(F)C(F)(F)C(F)(F)C(F)(F)C(F)(F)C(F)(F)C(F)(F)F)CCCS(=O)(=O)[O-]. The van der Waals surface area contributed by atoms with E-state index < -0.39 is 79.9 Å². The highest BCUT2D eigenvalue weighted by atomic mass is 32.2. The molecular formula is C15H19F15N2O5S2. The van der Waals surface area contributed by atoms with Crippen LogP contribution >= 0.6 is 0 Å². The van der Waals surface area contributed by atoms with Crippen molar-refractivity contribution in [2.45, 2.75) is 53.9 Å². The highest BCUT2D eigenvalue weighted by Gasteiger charge is 2.94. The van der Waals surface area contributed by atoms with E-state index in [2.05, 4.69) is 0 Å². The van der Waals surface area contributed by atoms with E-state index in [4.69, 9.17) is 0 Å². The van der Waals surface area contributed by atoms with Crippen LogP contribution in [0.4, 0.5) is 65.9 Å². The summed E-state index contributed by atoms with van der Waals surface area (Å²) in [6, 6.07) is 0. The lowest BCUT2D eigenvalue weighted by atomic mass is 9.94.